The van der Waals surface area contributed by atoms with E-state index < -0.39 is 5.92 Å². The minimum Gasteiger partial charge on any atom is -0.496 e. The van der Waals surface area contributed by atoms with Crippen LogP contribution in [0, 0.1) is 17.2 Å². The number of anilines is 1. The first-order valence-electron chi connectivity index (χ1n) is 7.67. The van der Waals surface area contributed by atoms with Crippen molar-refractivity contribution in [1.82, 2.24) is 0 Å². The molecule has 0 bridgehead atoms. The number of benzene rings is 2. The van der Waals surface area contributed by atoms with E-state index in [2.05, 4.69) is 5.32 Å². The largest absolute Gasteiger partial charge is 0.496 e. The molecule has 0 aliphatic heterocycles. The molecular formula is C19H20N2O4. The summed E-state index contributed by atoms with van der Waals surface area (Å²) in [6.45, 7) is 0. The Hall–Kier alpha value is -3.20. The maximum Gasteiger partial charge on any atom is 0.242 e. The molecule has 0 spiro atoms. The molecule has 0 heterocycles. The number of nitriles is 1. The summed E-state index contributed by atoms with van der Waals surface area (Å²) in [6, 6.07) is 14.4. The van der Waals surface area contributed by atoms with Crippen LogP contribution in [-0.4, -0.2) is 27.2 Å². The Morgan fingerprint density at radius 1 is 1.04 bits per heavy atom. The number of rotatable bonds is 7. The van der Waals surface area contributed by atoms with Crippen molar-refractivity contribution in [3.63, 3.8) is 0 Å². The topological polar surface area (TPSA) is 80.6 Å². The highest BCUT2D eigenvalue weighted by Crippen LogP contribution is 2.30. The highest BCUT2D eigenvalue weighted by Gasteiger charge is 2.20. The minimum absolute atomic E-state index is 0.264. The molecule has 0 unspecified atom stereocenters. The van der Waals surface area contributed by atoms with Crippen LogP contribution < -0.4 is 19.5 Å². The fourth-order valence-electron chi connectivity index (χ4n) is 2.43. The predicted octanol–water partition coefficient (Wildman–Crippen LogP) is 3.03. The van der Waals surface area contributed by atoms with Crippen LogP contribution in [0.2, 0.25) is 0 Å². The number of nitrogens with zero attached hydrogens (tertiary/aromatic N) is 1. The molecular weight excluding hydrogens is 320 g/mol. The maximum atomic E-state index is 12.5. The lowest BCUT2D eigenvalue weighted by molar-refractivity contribution is -0.118. The Kier molecular flexibility index (Phi) is 6.24. The number of methoxy groups -OCH3 is 3. The quantitative estimate of drug-likeness (QED) is 0.838. The van der Waals surface area contributed by atoms with Gasteiger partial charge in [0.15, 0.2) is 11.5 Å². The van der Waals surface area contributed by atoms with E-state index in [4.69, 9.17) is 14.2 Å². The van der Waals surface area contributed by atoms with Gasteiger partial charge < -0.3 is 19.5 Å². The van der Waals surface area contributed by atoms with Gasteiger partial charge >= 0.3 is 0 Å². The lowest BCUT2D eigenvalue weighted by Crippen LogP contribution is -2.23. The van der Waals surface area contributed by atoms with Crippen molar-refractivity contribution in [3.05, 3.63) is 48.0 Å². The molecule has 0 saturated carbocycles. The molecule has 0 aliphatic rings. The van der Waals surface area contributed by atoms with Gasteiger partial charge in [-0.25, -0.2) is 0 Å². The number of nitrogens with one attached hydrogen (secondary N) is 1. The average molecular weight is 340 g/mol. The lowest BCUT2D eigenvalue weighted by atomic mass is 9.99. The van der Waals surface area contributed by atoms with Gasteiger partial charge in [0.05, 0.1) is 27.4 Å². The maximum absolute atomic E-state index is 12.5. The van der Waals surface area contributed by atoms with Crippen LogP contribution in [0.4, 0.5) is 5.69 Å². The first-order chi connectivity index (χ1) is 12.1. The summed E-state index contributed by atoms with van der Waals surface area (Å²) in [7, 11) is 4.61. The third kappa shape index (κ3) is 4.42. The second kappa shape index (κ2) is 8.60. The van der Waals surface area contributed by atoms with E-state index in [1.54, 1.807) is 31.4 Å². The summed E-state index contributed by atoms with van der Waals surface area (Å²) in [4.78, 5) is 12.5. The Morgan fingerprint density at radius 2 is 1.72 bits per heavy atom. The number of hydrogen-bond donors (Lipinski definition) is 1. The number of ether oxygens (including phenoxy) is 3. The Bertz CT molecular complexity index is 783. The molecule has 0 aromatic heterocycles. The van der Waals surface area contributed by atoms with E-state index in [1.807, 2.05) is 24.3 Å². The van der Waals surface area contributed by atoms with Gasteiger partial charge in [0, 0.05) is 18.2 Å². The standard InChI is InChI=1S/C19H20N2O4/c1-23-16-7-5-4-6-13(16)10-14(12-20)19(22)21-15-8-9-17(24-2)18(11-15)25-3/h4-9,11,14H,10H2,1-3H3,(H,21,22)/t14-/m1/s1. The average Bonchev–Trinajstić information content (AvgIpc) is 2.66. The molecule has 0 aliphatic carbocycles. The Balaban J connectivity index is 2.14. The highest BCUT2D eigenvalue weighted by molar-refractivity contribution is 5.94. The zero-order valence-corrected chi connectivity index (χ0v) is 14.4. The molecule has 2 rings (SSSR count). The van der Waals surface area contributed by atoms with Crippen LogP contribution in [0.3, 0.4) is 0 Å². The van der Waals surface area contributed by atoms with E-state index in [-0.39, 0.29) is 12.3 Å². The third-order valence-electron chi connectivity index (χ3n) is 3.74. The highest BCUT2D eigenvalue weighted by atomic mass is 16.5. The van der Waals surface area contributed by atoms with Crippen LogP contribution in [0.5, 0.6) is 17.2 Å². The van der Waals surface area contributed by atoms with E-state index >= 15 is 0 Å². The molecule has 2 aromatic rings. The minimum atomic E-state index is -0.843. The van der Waals surface area contributed by atoms with E-state index in [9.17, 15) is 10.1 Å². The van der Waals surface area contributed by atoms with Crippen molar-refractivity contribution in [1.29, 1.82) is 5.26 Å². The number of carbonyl (C=O) groups excluding carboxylic acids is 1. The van der Waals surface area contributed by atoms with Crippen LogP contribution in [0.1, 0.15) is 5.56 Å². The predicted molar refractivity (Wildman–Crippen MR) is 94.0 cm³/mol. The van der Waals surface area contributed by atoms with Gasteiger partial charge in [-0.15, -0.1) is 0 Å². The van der Waals surface area contributed by atoms with Gasteiger partial charge in [0.2, 0.25) is 5.91 Å². The van der Waals surface area contributed by atoms with Crippen LogP contribution in [0.15, 0.2) is 42.5 Å². The molecule has 1 N–H and O–H groups in total. The van der Waals surface area contributed by atoms with E-state index in [0.717, 1.165) is 5.56 Å². The van der Waals surface area contributed by atoms with Crippen molar-refractivity contribution in [2.24, 2.45) is 5.92 Å². The number of hydrogen-bond acceptors (Lipinski definition) is 5. The van der Waals surface area contributed by atoms with Crippen LogP contribution >= 0.6 is 0 Å². The molecule has 0 radical (unpaired) electrons. The van der Waals surface area contributed by atoms with Gasteiger partial charge in [0.25, 0.3) is 0 Å². The normalized spacial score (nSPS) is 11.1. The number of carbonyl (C=O) groups is 1. The van der Waals surface area contributed by atoms with Gasteiger partial charge in [-0.1, -0.05) is 18.2 Å². The summed E-state index contributed by atoms with van der Waals surface area (Å²) in [5.74, 6) is 0.483. The molecule has 1 atom stereocenters. The van der Waals surface area contributed by atoms with Crippen LogP contribution in [0.25, 0.3) is 0 Å². The molecule has 6 nitrogen and oxygen atoms in total. The van der Waals surface area contributed by atoms with E-state index in [0.29, 0.717) is 22.9 Å². The zero-order valence-electron chi connectivity index (χ0n) is 14.4. The zero-order chi connectivity index (χ0) is 18.2. The fourth-order valence-corrected chi connectivity index (χ4v) is 2.43. The molecule has 25 heavy (non-hydrogen) atoms. The summed E-state index contributed by atoms with van der Waals surface area (Å²) in [5, 5.41) is 12.1. The first-order valence-corrected chi connectivity index (χ1v) is 7.67. The number of amides is 1. The SMILES string of the molecule is COc1ccccc1C[C@H](C#N)C(=O)Nc1ccc(OC)c(OC)c1. The molecule has 0 fully saturated rings. The summed E-state index contributed by atoms with van der Waals surface area (Å²) >= 11 is 0. The van der Waals surface area contributed by atoms with E-state index in [1.165, 1.54) is 14.2 Å². The van der Waals surface area contributed by atoms with Crippen molar-refractivity contribution >= 4 is 11.6 Å². The molecule has 2 aromatic carbocycles. The molecule has 1 amide bonds. The summed E-state index contributed by atoms with van der Waals surface area (Å²) < 4.78 is 15.7. The Labute approximate surface area is 146 Å². The molecule has 0 saturated heterocycles. The monoisotopic (exact) mass is 340 g/mol. The van der Waals surface area contributed by atoms with Crippen molar-refractivity contribution in [2.75, 3.05) is 26.6 Å². The fraction of sp³-hybridized carbons (Fsp3) is 0.263. The molecule has 6 heteroatoms. The second-order valence-electron chi connectivity index (χ2n) is 5.26. The summed E-state index contributed by atoms with van der Waals surface area (Å²) in [5.41, 5.74) is 1.34. The summed E-state index contributed by atoms with van der Waals surface area (Å²) in [6.07, 6.45) is 0.264. The van der Waals surface area contributed by atoms with Crippen molar-refractivity contribution < 1.29 is 19.0 Å². The van der Waals surface area contributed by atoms with Crippen molar-refractivity contribution in [3.8, 4) is 23.3 Å². The lowest BCUT2D eigenvalue weighted by Gasteiger charge is -2.14. The van der Waals surface area contributed by atoms with Crippen LogP contribution in [-0.2, 0) is 11.2 Å². The second-order valence-corrected chi connectivity index (χ2v) is 5.26. The first kappa shape index (κ1) is 18.1. The van der Waals surface area contributed by atoms with Crippen molar-refractivity contribution in [2.45, 2.75) is 6.42 Å². The smallest absolute Gasteiger partial charge is 0.242 e. The molecule has 130 valence electrons. The van der Waals surface area contributed by atoms with Gasteiger partial charge in [0.1, 0.15) is 11.7 Å². The third-order valence-corrected chi connectivity index (χ3v) is 3.74. The number of para-hydroxylation sites is 1. The van der Waals surface area contributed by atoms with Gasteiger partial charge in [-0.05, 0) is 23.8 Å². The van der Waals surface area contributed by atoms with Gasteiger partial charge in [-0.3, -0.25) is 4.79 Å². The Morgan fingerprint density at radius 3 is 2.36 bits per heavy atom. The van der Waals surface area contributed by atoms with Gasteiger partial charge in [-0.2, -0.15) is 5.26 Å².